The number of nitrogens with zero attached hydrogens (tertiary/aromatic N) is 1. The van der Waals surface area contributed by atoms with Crippen LogP contribution in [0.5, 0.6) is 0 Å². The molecule has 0 unspecified atom stereocenters. The Morgan fingerprint density at radius 2 is 2.13 bits per heavy atom. The summed E-state index contributed by atoms with van der Waals surface area (Å²) in [6.45, 7) is 4.60. The highest BCUT2D eigenvalue weighted by atomic mass is 16.5. The van der Waals surface area contributed by atoms with Crippen LogP contribution in [-0.4, -0.2) is 51.2 Å². The molecule has 0 aliphatic heterocycles. The van der Waals surface area contributed by atoms with Gasteiger partial charge < -0.3 is 15.0 Å². The summed E-state index contributed by atoms with van der Waals surface area (Å²) in [5.41, 5.74) is 0. The largest absolute Gasteiger partial charge is 0.372 e. The molecule has 0 rings (SSSR count). The quantitative estimate of drug-likeness (QED) is 0.582. The Morgan fingerprint density at radius 1 is 1.40 bits per heavy atom. The van der Waals surface area contributed by atoms with Gasteiger partial charge in [0.15, 0.2) is 0 Å². The predicted octanol–water partition coefficient (Wildman–Crippen LogP) is 0.871. The van der Waals surface area contributed by atoms with Gasteiger partial charge in [0.2, 0.25) is 5.91 Å². The van der Waals surface area contributed by atoms with Crippen LogP contribution in [0.4, 0.5) is 0 Å². The van der Waals surface area contributed by atoms with E-state index >= 15 is 0 Å². The van der Waals surface area contributed by atoms with Gasteiger partial charge in [-0.25, -0.2) is 0 Å². The standard InChI is InChI=1S/C11H24N2O2/c1-4-5-6-9-15-10-11(14)13(3)8-7-12-2/h12H,4-10H2,1-3H3. The molecule has 0 aromatic rings. The smallest absolute Gasteiger partial charge is 0.248 e. The van der Waals surface area contributed by atoms with Crippen LogP contribution in [0.15, 0.2) is 0 Å². The third-order valence-corrected chi connectivity index (χ3v) is 2.24. The van der Waals surface area contributed by atoms with Gasteiger partial charge in [-0.1, -0.05) is 19.8 Å². The lowest BCUT2D eigenvalue weighted by Crippen LogP contribution is -2.35. The molecule has 0 aliphatic carbocycles. The minimum atomic E-state index is 0.0572. The lowest BCUT2D eigenvalue weighted by molar-refractivity contribution is -0.134. The van der Waals surface area contributed by atoms with Gasteiger partial charge in [0.25, 0.3) is 0 Å². The van der Waals surface area contributed by atoms with Crippen molar-refractivity contribution < 1.29 is 9.53 Å². The van der Waals surface area contributed by atoms with Crippen molar-refractivity contribution in [3.05, 3.63) is 0 Å². The second-order valence-electron chi connectivity index (χ2n) is 3.68. The summed E-state index contributed by atoms with van der Waals surface area (Å²) in [6, 6.07) is 0. The minimum absolute atomic E-state index is 0.0572. The molecule has 0 aromatic heterocycles. The summed E-state index contributed by atoms with van der Waals surface area (Å²) < 4.78 is 5.29. The number of ether oxygens (including phenoxy) is 1. The number of unbranched alkanes of at least 4 members (excludes halogenated alkanes) is 2. The first-order valence-electron chi connectivity index (χ1n) is 5.68. The normalized spacial score (nSPS) is 10.3. The summed E-state index contributed by atoms with van der Waals surface area (Å²) in [4.78, 5) is 13.1. The molecule has 4 nitrogen and oxygen atoms in total. The predicted molar refractivity (Wildman–Crippen MR) is 61.9 cm³/mol. The van der Waals surface area contributed by atoms with E-state index in [1.165, 1.54) is 12.8 Å². The molecular formula is C11H24N2O2. The zero-order chi connectivity index (χ0) is 11.5. The van der Waals surface area contributed by atoms with Crippen molar-refractivity contribution >= 4 is 5.91 Å². The maximum absolute atomic E-state index is 11.5. The van der Waals surface area contributed by atoms with Gasteiger partial charge in [-0.05, 0) is 13.5 Å². The molecule has 0 fully saturated rings. The van der Waals surface area contributed by atoms with Gasteiger partial charge in [-0.15, -0.1) is 0 Å². The van der Waals surface area contributed by atoms with Crippen LogP contribution in [0.2, 0.25) is 0 Å². The van der Waals surface area contributed by atoms with E-state index in [1.807, 2.05) is 7.05 Å². The number of rotatable bonds is 9. The molecule has 1 N–H and O–H groups in total. The SMILES string of the molecule is CCCCCOCC(=O)N(C)CCNC. The van der Waals surface area contributed by atoms with Gasteiger partial charge >= 0.3 is 0 Å². The number of amides is 1. The van der Waals surface area contributed by atoms with Gasteiger partial charge in [0.1, 0.15) is 6.61 Å². The fourth-order valence-electron chi connectivity index (χ4n) is 1.13. The molecule has 0 spiro atoms. The first kappa shape index (κ1) is 14.4. The summed E-state index contributed by atoms with van der Waals surface area (Å²) in [7, 11) is 3.68. The van der Waals surface area contributed by atoms with E-state index in [2.05, 4.69) is 12.2 Å². The Labute approximate surface area is 93.0 Å². The van der Waals surface area contributed by atoms with E-state index in [4.69, 9.17) is 4.74 Å². The van der Waals surface area contributed by atoms with Gasteiger partial charge in [0.05, 0.1) is 0 Å². The maximum atomic E-state index is 11.5. The highest BCUT2D eigenvalue weighted by molar-refractivity contribution is 5.77. The van der Waals surface area contributed by atoms with Gasteiger partial charge in [0, 0.05) is 26.7 Å². The number of carbonyl (C=O) groups excluding carboxylic acids is 1. The van der Waals surface area contributed by atoms with Gasteiger partial charge in [-0.3, -0.25) is 4.79 Å². The molecule has 4 heteroatoms. The second kappa shape index (κ2) is 9.93. The van der Waals surface area contributed by atoms with E-state index < -0.39 is 0 Å². The average Bonchev–Trinajstić information content (AvgIpc) is 2.25. The molecule has 1 amide bonds. The van der Waals surface area contributed by atoms with Crippen molar-refractivity contribution in [1.82, 2.24) is 10.2 Å². The van der Waals surface area contributed by atoms with E-state index in [1.54, 1.807) is 11.9 Å². The van der Waals surface area contributed by atoms with Crippen molar-refractivity contribution in [3.8, 4) is 0 Å². The van der Waals surface area contributed by atoms with Crippen LogP contribution in [0.25, 0.3) is 0 Å². The Hall–Kier alpha value is -0.610. The number of hydrogen-bond donors (Lipinski definition) is 1. The molecule has 0 saturated heterocycles. The first-order chi connectivity index (χ1) is 7.22. The Bertz CT molecular complexity index is 163. The van der Waals surface area contributed by atoms with Crippen LogP contribution in [0.1, 0.15) is 26.2 Å². The van der Waals surface area contributed by atoms with E-state index in [0.29, 0.717) is 6.61 Å². The first-order valence-corrected chi connectivity index (χ1v) is 5.68. The van der Waals surface area contributed by atoms with Crippen molar-refractivity contribution in [1.29, 1.82) is 0 Å². The zero-order valence-corrected chi connectivity index (χ0v) is 10.2. The molecule has 0 radical (unpaired) electrons. The van der Waals surface area contributed by atoms with E-state index in [0.717, 1.165) is 19.5 Å². The maximum Gasteiger partial charge on any atom is 0.248 e. The van der Waals surface area contributed by atoms with Crippen molar-refractivity contribution in [3.63, 3.8) is 0 Å². The van der Waals surface area contributed by atoms with Crippen molar-refractivity contribution in [2.24, 2.45) is 0 Å². The highest BCUT2D eigenvalue weighted by Crippen LogP contribution is 1.94. The van der Waals surface area contributed by atoms with Crippen LogP contribution < -0.4 is 5.32 Å². The van der Waals surface area contributed by atoms with E-state index in [9.17, 15) is 4.79 Å². The molecule has 15 heavy (non-hydrogen) atoms. The van der Waals surface area contributed by atoms with Crippen LogP contribution in [0.3, 0.4) is 0 Å². The Kier molecular flexibility index (Phi) is 9.52. The molecule has 90 valence electrons. The topological polar surface area (TPSA) is 41.6 Å². The third-order valence-electron chi connectivity index (χ3n) is 2.24. The number of likely N-dealkylation sites (N-methyl/N-ethyl adjacent to an activating group) is 2. The molecule has 0 saturated carbocycles. The van der Waals surface area contributed by atoms with Crippen LogP contribution in [-0.2, 0) is 9.53 Å². The lowest BCUT2D eigenvalue weighted by Gasteiger charge is -2.16. The van der Waals surface area contributed by atoms with Gasteiger partial charge in [-0.2, -0.15) is 0 Å². The zero-order valence-electron chi connectivity index (χ0n) is 10.2. The van der Waals surface area contributed by atoms with Crippen LogP contribution >= 0.6 is 0 Å². The minimum Gasteiger partial charge on any atom is -0.372 e. The van der Waals surface area contributed by atoms with Crippen molar-refractivity contribution in [2.45, 2.75) is 26.2 Å². The second-order valence-corrected chi connectivity index (χ2v) is 3.68. The Morgan fingerprint density at radius 3 is 2.73 bits per heavy atom. The third kappa shape index (κ3) is 8.39. The average molecular weight is 216 g/mol. The number of hydrogen-bond acceptors (Lipinski definition) is 3. The van der Waals surface area contributed by atoms with Crippen molar-refractivity contribution in [2.75, 3.05) is 40.4 Å². The molecule has 0 bridgehead atoms. The van der Waals surface area contributed by atoms with Crippen LogP contribution in [0, 0.1) is 0 Å². The molecule has 0 atom stereocenters. The Balaban J connectivity index is 3.38. The molecule has 0 heterocycles. The summed E-state index contributed by atoms with van der Waals surface area (Å²) in [5.74, 6) is 0.0572. The molecular weight excluding hydrogens is 192 g/mol. The summed E-state index contributed by atoms with van der Waals surface area (Å²) in [6.07, 6.45) is 3.40. The molecule has 0 aromatic carbocycles. The summed E-state index contributed by atoms with van der Waals surface area (Å²) >= 11 is 0. The highest BCUT2D eigenvalue weighted by Gasteiger charge is 2.07. The lowest BCUT2D eigenvalue weighted by atomic mass is 10.3. The monoisotopic (exact) mass is 216 g/mol. The van der Waals surface area contributed by atoms with E-state index in [-0.39, 0.29) is 12.5 Å². The summed E-state index contributed by atoms with van der Waals surface area (Å²) in [5, 5.41) is 3.00. The fourth-order valence-corrected chi connectivity index (χ4v) is 1.13. The molecule has 0 aliphatic rings. The number of nitrogens with one attached hydrogen (secondary N) is 1. The fraction of sp³-hybridized carbons (Fsp3) is 0.909. The number of carbonyl (C=O) groups is 1.